The molecule has 0 atom stereocenters. The van der Waals surface area contributed by atoms with Gasteiger partial charge in [0.2, 0.25) is 8.32 Å². The molecule has 0 amide bonds. The Morgan fingerprint density at radius 1 is 1.21 bits per heavy atom. The van der Waals surface area contributed by atoms with Gasteiger partial charge in [0.05, 0.1) is 12.8 Å². The summed E-state index contributed by atoms with van der Waals surface area (Å²) in [5.74, 6) is 1.38. The molecule has 3 nitrogen and oxygen atoms in total. The van der Waals surface area contributed by atoms with Crippen molar-refractivity contribution in [1.82, 2.24) is 0 Å². The van der Waals surface area contributed by atoms with E-state index in [-0.39, 0.29) is 0 Å². The Labute approximate surface area is 86.0 Å². The molecule has 0 unspecified atom stereocenters. The van der Waals surface area contributed by atoms with Gasteiger partial charge >= 0.3 is 0 Å². The lowest BCUT2D eigenvalue weighted by atomic mass is 10.3. The molecule has 14 heavy (non-hydrogen) atoms. The molecule has 0 aromatic heterocycles. The fourth-order valence-electron chi connectivity index (χ4n) is 1.11. The van der Waals surface area contributed by atoms with Crippen molar-refractivity contribution < 1.29 is 9.16 Å². The van der Waals surface area contributed by atoms with E-state index in [0.717, 1.165) is 0 Å². The lowest BCUT2D eigenvalue weighted by molar-refractivity contribution is 0.393. The van der Waals surface area contributed by atoms with E-state index in [4.69, 9.17) is 14.9 Å². The van der Waals surface area contributed by atoms with Crippen molar-refractivity contribution in [2.75, 3.05) is 12.8 Å². The van der Waals surface area contributed by atoms with Crippen LogP contribution in [0.2, 0.25) is 19.6 Å². The van der Waals surface area contributed by atoms with Crippen LogP contribution in [0.4, 0.5) is 5.69 Å². The third-order valence-corrected chi connectivity index (χ3v) is 2.45. The Hall–Kier alpha value is -1.16. The lowest BCUT2D eigenvalue weighted by Gasteiger charge is -2.22. The summed E-state index contributed by atoms with van der Waals surface area (Å²) in [5, 5.41) is 0. The maximum atomic E-state index is 5.84. The summed E-state index contributed by atoms with van der Waals surface area (Å²) < 4.78 is 11.0. The third-order valence-electron chi connectivity index (χ3n) is 1.64. The monoisotopic (exact) mass is 211 g/mol. The summed E-state index contributed by atoms with van der Waals surface area (Å²) >= 11 is 0. The average molecular weight is 211 g/mol. The highest BCUT2D eigenvalue weighted by atomic mass is 28.4. The molecule has 0 aliphatic heterocycles. The number of ether oxygens (including phenoxy) is 1. The predicted octanol–water partition coefficient (Wildman–Crippen LogP) is 2.49. The van der Waals surface area contributed by atoms with Crippen LogP contribution in [0.25, 0.3) is 0 Å². The first-order chi connectivity index (χ1) is 6.44. The van der Waals surface area contributed by atoms with E-state index >= 15 is 0 Å². The summed E-state index contributed by atoms with van der Waals surface area (Å²) in [6.45, 7) is 6.33. The summed E-state index contributed by atoms with van der Waals surface area (Å²) in [5.41, 5.74) is 6.45. The van der Waals surface area contributed by atoms with Crippen molar-refractivity contribution in [3.8, 4) is 11.5 Å². The molecule has 4 heteroatoms. The summed E-state index contributed by atoms with van der Waals surface area (Å²) in [7, 11) is -0.0202. The van der Waals surface area contributed by atoms with Gasteiger partial charge in [0.25, 0.3) is 0 Å². The highest BCUT2D eigenvalue weighted by Crippen LogP contribution is 2.34. The van der Waals surface area contributed by atoms with Crippen LogP contribution in [-0.4, -0.2) is 15.4 Å². The number of benzene rings is 1. The van der Waals surface area contributed by atoms with Gasteiger partial charge in [-0.25, -0.2) is 0 Å². The Morgan fingerprint density at radius 2 is 1.86 bits per heavy atom. The van der Waals surface area contributed by atoms with Gasteiger partial charge in [0.15, 0.2) is 11.5 Å². The summed E-state index contributed by atoms with van der Waals surface area (Å²) in [4.78, 5) is 0. The fraction of sp³-hybridized carbons (Fsp3) is 0.400. The van der Waals surface area contributed by atoms with Crippen LogP contribution < -0.4 is 14.9 Å². The highest BCUT2D eigenvalue weighted by molar-refractivity contribution is 6.70. The van der Waals surface area contributed by atoms with Crippen LogP contribution in [0.3, 0.4) is 0 Å². The minimum Gasteiger partial charge on any atom is -0.540 e. The van der Waals surface area contributed by atoms with Crippen molar-refractivity contribution >= 4 is 14.0 Å². The fourth-order valence-corrected chi connectivity index (χ4v) is 1.94. The molecule has 0 radical (unpaired) electrons. The highest BCUT2D eigenvalue weighted by Gasteiger charge is 2.20. The zero-order valence-electron chi connectivity index (χ0n) is 9.13. The first-order valence-corrected chi connectivity index (χ1v) is 7.96. The van der Waals surface area contributed by atoms with Crippen molar-refractivity contribution in [2.24, 2.45) is 0 Å². The molecule has 0 spiro atoms. The molecule has 2 N–H and O–H groups in total. The molecule has 0 heterocycles. The van der Waals surface area contributed by atoms with Crippen molar-refractivity contribution in [3.63, 3.8) is 0 Å². The molecule has 0 fully saturated rings. The van der Waals surface area contributed by atoms with Crippen molar-refractivity contribution in [2.45, 2.75) is 19.6 Å². The van der Waals surface area contributed by atoms with E-state index in [1.54, 1.807) is 7.11 Å². The number of rotatable bonds is 3. The first-order valence-electron chi connectivity index (χ1n) is 4.55. The lowest BCUT2D eigenvalue weighted by Crippen LogP contribution is -2.29. The van der Waals surface area contributed by atoms with Crippen LogP contribution in [0.15, 0.2) is 18.2 Å². The second-order valence-corrected chi connectivity index (χ2v) is 8.52. The Balaban J connectivity index is 3.05. The quantitative estimate of drug-likeness (QED) is 0.617. The van der Waals surface area contributed by atoms with E-state index in [0.29, 0.717) is 17.2 Å². The first kappa shape index (κ1) is 10.9. The maximum Gasteiger partial charge on any atom is 0.242 e. The Morgan fingerprint density at radius 3 is 2.36 bits per heavy atom. The van der Waals surface area contributed by atoms with Gasteiger partial charge in [0.1, 0.15) is 0 Å². The zero-order chi connectivity index (χ0) is 10.8. The number of hydrogen-bond acceptors (Lipinski definition) is 3. The molecule has 0 saturated carbocycles. The molecule has 1 aromatic rings. The van der Waals surface area contributed by atoms with E-state index in [2.05, 4.69) is 19.6 Å². The second kappa shape index (κ2) is 3.92. The van der Waals surface area contributed by atoms with Crippen LogP contribution in [-0.2, 0) is 0 Å². The van der Waals surface area contributed by atoms with Crippen LogP contribution in [0, 0.1) is 0 Å². The SMILES string of the molecule is COc1cccc(N)c1O[Si](C)(C)C. The van der Waals surface area contributed by atoms with Gasteiger partial charge in [0, 0.05) is 0 Å². The smallest absolute Gasteiger partial charge is 0.242 e. The van der Waals surface area contributed by atoms with E-state index in [1.165, 1.54) is 0 Å². The van der Waals surface area contributed by atoms with Crippen LogP contribution >= 0.6 is 0 Å². The summed E-state index contributed by atoms with van der Waals surface area (Å²) in [6, 6.07) is 5.52. The van der Waals surface area contributed by atoms with E-state index < -0.39 is 8.32 Å². The van der Waals surface area contributed by atoms with Crippen LogP contribution in [0.5, 0.6) is 11.5 Å². The molecule has 0 saturated heterocycles. The maximum absolute atomic E-state index is 5.84. The molecule has 1 rings (SSSR count). The second-order valence-electron chi connectivity index (χ2n) is 4.09. The average Bonchev–Trinajstić information content (AvgIpc) is 2.06. The van der Waals surface area contributed by atoms with Crippen molar-refractivity contribution in [1.29, 1.82) is 0 Å². The zero-order valence-corrected chi connectivity index (χ0v) is 10.1. The number of nitrogen functional groups attached to an aromatic ring is 1. The molecular weight excluding hydrogens is 194 g/mol. The molecule has 1 aromatic carbocycles. The molecular formula is C10H17NO2Si. The van der Waals surface area contributed by atoms with Gasteiger partial charge in [-0.15, -0.1) is 0 Å². The van der Waals surface area contributed by atoms with E-state index in [9.17, 15) is 0 Å². The van der Waals surface area contributed by atoms with Gasteiger partial charge in [-0.05, 0) is 31.8 Å². The normalized spacial score (nSPS) is 11.1. The van der Waals surface area contributed by atoms with E-state index in [1.807, 2.05) is 18.2 Å². The topological polar surface area (TPSA) is 44.5 Å². The van der Waals surface area contributed by atoms with Crippen molar-refractivity contribution in [3.05, 3.63) is 18.2 Å². The number of methoxy groups -OCH3 is 1. The Kier molecular flexibility index (Phi) is 3.05. The minimum atomic E-state index is -1.64. The number of anilines is 1. The largest absolute Gasteiger partial charge is 0.540 e. The number of para-hydroxylation sites is 1. The third kappa shape index (κ3) is 2.66. The Bertz CT molecular complexity index is 320. The van der Waals surface area contributed by atoms with Crippen LogP contribution in [0.1, 0.15) is 0 Å². The minimum absolute atomic E-state index is 0.631. The van der Waals surface area contributed by atoms with Gasteiger partial charge in [-0.1, -0.05) is 6.07 Å². The van der Waals surface area contributed by atoms with Gasteiger partial charge < -0.3 is 14.9 Å². The molecule has 0 bridgehead atoms. The predicted molar refractivity (Wildman–Crippen MR) is 61.4 cm³/mol. The van der Waals surface area contributed by atoms with Gasteiger partial charge in [-0.3, -0.25) is 0 Å². The van der Waals surface area contributed by atoms with Gasteiger partial charge in [-0.2, -0.15) is 0 Å². The molecule has 78 valence electrons. The molecule has 0 aliphatic rings. The standard InChI is InChI=1S/C10H17NO2Si/c1-12-9-7-5-6-8(11)10(9)13-14(2,3)4/h5-7H,11H2,1-4H3. The molecule has 0 aliphatic carbocycles. The number of hydrogen-bond donors (Lipinski definition) is 1. The number of nitrogens with two attached hydrogens (primary N) is 1. The summed E-state index contributed by atoms with van der Waals surface area (Å²) in [6.07, 6.45) is 0.